The molecule has 84 valence electrons. The van der Waals surface area contributed by atoms with Crippen molar-refractivity contribution in [1.29, 1.82) is 5.26 Å². The first-order valence-electron chi connectivity index (χ1n) is 5.53. The fourth-order valence-corrected chi connectivity index (χ4v) is 2.44. The van der Waals surface area contributed by atoms with E-state index in [9.17, 15) is 0 Å². The van der Waals surface area contributed by atoms with Gasteiger partial charge in [0, 0.05) is 11.9 Å². The van der Waals surface area contributed by atoms with Gasteiger partial charge in [0.05, 0.1) is 0 Å². The van der Waals surface area contributed by atoms with Gasteiger partial charge in [-0.15, -0.1) is 0 Å². The first-order valence-corrected chi connectivity index (χ1v) is 6.32. The Bertz CT molecular complexity index is 605. The highest BCUT2D eigenvalue weighted by atomic mass is 79.9. The molecular formula is C13H10BrN3. The fourth-order valence-electron chi connectivity index (χ4n) is 1.94. The zero-order chi connectivity index (χ0) is 11.8. The number of hydrogen-bond acceptors (Lipinski definition) is 2. The minimum absolute atomic E-state index is 0.425. The Kier molecular flexibility index (Phi) is 2.49. The van der Waals surface area contributed by atoms with Crippen LogP contribution >= 0.6 is 15.9 Å². The molecule has 0 N–H and O–H groups in total. The number of hydrogen-bond donors (Lipinski definition) is 0. The lowest BCUT2D eigenvalue weighted by molar-refractivity contribution is 1.00. The van der Waals surface area contributed by atoms with Crippen LogP contribution in [0.25, 0.3) is 5.69 Å². The summed E-state index contributed by atoms with van der Waals surface area (Å²) in [6.45, 7) is 0. The van der Waals surface area contributed by atoms with Crippen molar-refractivity contribution in [2.45, 2.75) is 18.8 Å². The molecule has 0 radical (unpaired) electrons. The topological polar surface area (TPSA) is 41.6 Å². The molecule has 1 aliphatic rings. The normalized spacial score (nSPS) is 14.6. The van der Waals surface area contributed by atoms with Crippen molar-refractivity contribution in [2.75, 3.05) is 0 Å². The number of rotatable bonds is 2. The highest BCUT2D eigenvalue weighted by Crippen LogP contribution is 2.40. The standard InChI is InChI=1S/C13H10BrN3/c14-13-16-11(7-15)8-17(13)12-3-1-2-10(6-12)9-4-5-9/h1-3,6,8-9H,4-5H2. The number of nitriles is 1. The number of halogens is 1. The molecule has 0 saturated heterocycles. The van der Waals surface area contributed by atoms with E-state index in [0.29, 0.717) is 10.4 Å². The molecule has 1 aliphatic carbocycles. The third-order valence-electron chi connectivity index (χ3n) is 2.97. The summed E-state index contributed by atoms with van der Waals surface area (Å²) >= 11 is 3.37. The largest absolute Gasteiger partial charge is 0.293 e. The summed E-state index contributed by atoms with van der Waals surface area (Å²) in [6.07, 6.45) is 4.33. The van der Waals surface area contributed by atoms with Gasteiger partial charge in [0.25, 0.3) is 0 Å². The van der Waals surface area contributed by atoms with Gasteiger partial charge >= 0.3 is 0 Å². The van der Waals surface area contributed by atoms with Crippen molar-refractivity contribution in [2.24, 2.45) is 0 Å². The van der Waals surface area contributed by atoms with E-state index in [2.05, 4.69) is 39.1 Å². The maximum Gasteiger partial charge on any atom is 0.183 e. The number of aromatic nitrogens is 2. The lowest BCUT2D eigenvalue weighted by Crippen LogP contribution is -1.93. The SMILES string of the molecule is N#Cc1cn(-c2cccc(C3CC3)c2)c(Br)n1. The van der Waals surface area contributed by atoms with Crippen LogP contribution in [0.5, 0.6) is 0 Å². The summed E-state index contributed by atoms with van der Waals surface area (Å²) in [7, 11) is 0. The van der Waals surface area contributed by atoms with Gasteiger partial charge in [-0.25, -0.2) is 4.98 Å². The van der Waals surface area contributed by atoms with Gasteiger partial charge in [0.15, 0.2) is 10.4 Å². The lowest BCUT2D eigenvalue weighted by Gasteiger charge is -2.05. The average Bonchev–Trinajstić information content (AvgIpc) is 3.13. The molecule has 3 rings (SSSR count). The Labute approximate surface area is 108 Å². The summed E-state index contributed by atoms with van der Waals surface area (Å²) in [5.74, 6) is 0.729. The van der Waals surface area contributed by atoms with Crippen molar-refractivity contribution in [1.82, 2.24) is 9.55 Å². The first-order chi connectivity index (χ1) is 8.28. The highest BCUT2D eigenvalue weighted by Gasteiger charge is 2.23. The van der Waals surface area contributed by atoms with Gasteiger partial charge in [-0.3, -0.25) is 4.57 Å². The van der Waals surface area contributed by atoms with Crippen LogP contribution in [-0.4, -0.2) is 9.55 Å². The number of imidazole rings is 1. The molecule has 1 saturated carbocycles. The third kappa shape index (κ3) is 1.98. The minimum Gasteiger partial charge on any atom is -0.293 e. The third-order valence-corrected chi connectivity index (χ3v) is 3.53. The van der Waals surface area contributed by atoms with Gasteiger partial charge in [-0.2, -0.15) is 5.26 Å². The van der Waals surface area contributed by atoms with Crippen LogP contribution < -0.4 is 0 Å². The molecular weight excluding hydrogens is 278 g/mol. The fraction of sp³-hybridized carbons (Fsp3) is 0.231. The van der Waals surface area contributed by atoms with Gasteiger partial charge in [-0.05, 0) is 52.4 Å². The quantitative estimate of drug-likeness (QED) is 0.850. The summed E-state index contributed by atoms with van der Waals surface area (Å²) in [4.78, 5) is 4.11. The van der Waals surface area contributed by atoms with E-state index in [1.54, 1.807) is 6.20 Å². The summed E-state index contributed by atoms with van der Waals surface area (Å²) in [6, 6.07) is 10.5. The van der Waals surface area contributed by atoms with Crippen molar-refractivity contribution in [3.8, 4) is 11.8 Å². The predicted octanol–water partition coefficient (Wildman–Crippen LogP) is 3.38. The molecule has 0 spiro atoms. The van der Waals surface area contributed by atoms with E-state index in [4.69, 9.17) is 5.26 Å². The smallest absolute Gasteiger partial charge is 0.183 e. The zero-order valence-electron chi connectivity index (χ0n) is 9.10. The molecule has 0 aliphatic heterocycles. The molecule has 2 aromatic rings. The molecule has 0 atom stereocenters. The summed E-state index contributed by atoms with van der Waals surface area (Å²) in [5, 5.41) is 8.83. The van der Waals surface area contributed by atoms with Crippen molar-refractivity contribution < 1.29 is 0 Å². The van der Waals surface area contributed by atoms with Crippen LogP contribution in [0, 0.1) is 11.3 Å². The molecule has 0 unspecified atom stereocenters. The average molecular weight is 288 g/mol. The van der Waals surface area contributed by atoms with Gasteiger partial charge in [0.1, 0.15) is 6.07 Å². The Morgan fingerprint density at radius 2 is 2.24 bits per heavy atom. The highest BCUT2D eigenvalue weighted by molar-refractivity contribution is 9.10. The van der Waals surface area contributed by atoms with Crippen LogP contribution in [-0.2, 0) is 0 Å². The Hall–Kier alpha value is -1.60. The lowest BCUT2D eigenvalue weighted by atomic mass is 10.1. The first kappa shape index (κ1) is 10.5. The van der Waals surface area contributed by atoms with Crippen molar-refractivity contribution >= 4 is 15.9 Å². The van der Waals surface area contributed by atoms with Crippen LogP contribution in [0.4, 0.5) is 0 Å². The van der Waals surface area contributed by atoms with Gasteiger partial charge in [-0.1, -0.05) is 12.1 Å². The second-order valence-electron chi connectivity index (χ2n) is 4.25. The number of benzene rings is 1. The molecule has 1 heterocycles. The van der Waals surface area contributed by atoms with E-state index in [0.717, 1.165) is 11.6 Å². The zero-order valence-corrected chi connectivity index (χ0v) is 10.7. The Morgan fingerprint density at radius 3 is 2.88 bits per heavy atom. The number of nitrogens with zero attached hydrogens (tertiary/aromatic N) is 3. The molecule has 17 heavy (non-hydrogen) atoms. The molecule has 0 amide bonds. The van der Waals surface area contributed by atoms with E-state index in [1.165, 1.54) is 18.4 Å². The van der Waals surface area contributed by atoms with E-state index < -0.39 is 0 Å². The molecule has 4 heteroatoms. The Morgan fingerprint density at radius 1 is 1.41 bits per heavy atom. The van der Waals surface area contributed by atoms with Crippen LogP contribution in [0.3, 0.4) is 0 Å². The summed E-state index contributed by atoms with van der Waals surface area (Å²) in [5.41, 5.74) is 2.85. The molecule has 3 nitrogen and oxygen atoms in total. The predicted molar refractivity (Wildman–Crippen MR) is 68.0 cm³/mol. The Balaban J connectivity index is 2.05. The monoisotopic (exact) mass is 287 g/mol. The molecule has 1 aromatic heterocycles. The van der Waals surface area contributed by atoms with Crippen LogP contribution in [0.1, 0.15) is 30.0 Å². The maximum absolute atomic E-state index is 8.83. The van der Waals surface area contributed by atoms with Crippen LogP contribution in [0.2, 0.25) is 0 Å². The second-order valence-corrected chi connectivity index (χ2v) is 4.96. The molecule has 1 fully saturated rings. The van der Waals surface area contributed by atoms with Crippen molar-refractivity contribution in [3.63, 3.8) is 0 Å². The van der Waals surface area contributed by atoms with E-state index in [-0.39, 0.29) is 0 Å². The maximum atomic E-state index is 8.83. The van der Waals surface area contributed by atoms with E-state index in [1.807, 2.05) is 16.7 Å². The van der Waals surface area contributed by atoms with Crippen molar-refractivity contribution in [3.05, 3.63) is 46.5 Å². The van der Waals surface area contributed by atoms with E-state index >= 15 is 0 Å². The van der Waals surface area contributed by atoms with Gasteiger partial charge < -0.3 is 0 Å². The molecule has 1 aromatic carbocycles. The second kappa shape index (κ2) is 4.01. The molecule has 0 bridgehead atoms. The minimum atomic E-state index is 0.425. The van der Waals surface area contributed by atoms with Crippen LogP contribution in [0.15, 0.2) is 35.2 Å². The summed E-state index contributed by atoms with van der Waals surface area (Å²) < 4.78 is 2.56. The van der Waals surface area contributed by atoms with Gasteiger partial charge in [0.2, 0.25) is 0 Å².